The second-order valence-corrected chi connectivity index (χ2v) is 7.20. The van der Waals surface area contributed by atoms with Crippen molar-refractivity contribution < 1.29 is 4.90 Å². The zero-order valence-corrected chi connectivity index (χ0v) is 15.1. The molecule has 0 aliphatic carbocycles. The van der Waals surface area contributed by atoms with Crippen molar-refractivity contribution in [3.63, 3.8) is 0 Å². The van der Waals surface area contributed by atoms with Gasteiger partial charge in [0.25, 0.3) is 0 Å². The lowest BCUT2D eigenvalue weighted by atomic mass is 10.1. The maximum Gasteiger partial charge on any atom is 0.109 e. The van der Waals surface area contributed by atoms with E-state index in [4.69, 9.17) is 12.2 Å². The Balaban J connectivity index is 1.54. The molecule has 1 fully saturated rings. The van der Waals surface area contributed by atoms with Gasteiger partial charge in [0.05, 0.1) is 26.2 Å². The van der Waals surface area contributed by atoms with Gasteiger partial charge in [0, 0.05) is 16.0 Å². The second kappa shape index (κ2) is 7.95. The molecule has 0 unspecified atom stereocenters. The van der Waals surface area contributed by atoms with E-state index in [-0.39, 0.29) is 0 Å². The van der Waals surface area contributed by atoms with Crippen molar-refractivity contribution in [1.29, 1.82) is 0 Å². The first-order chi connectivity index (χ1) is 11.3. The van der Waals surface area contributed by atoms with Crippen molar-refractivity contribution in [2.45, 2.75) is 11.4 Å². The van der Waals surface area contributed by atoms with Gasteiger partial charge in [-0.25, -0.2) is 0 Å². The Morgan fingerprint density at radius 2 is 1.70 bits per heavy atom. The molecule has 0 bridgehead atoms. The summed E-state index contributed by atoms with van der Waals surface area (Å²) in [6, 6.07) is 19.4. The Morgan fingerprint density at radius 1 is 1.04 bits per heavy atom. The third-order valence-electron chi connectivity index (χ3n) is 4.39. The summed E-state index contributed by atoms with van der Waals surface area (Å²) in [6.45, 7) is 5.51. The van der Waals surface area contributed by atoms with Gasteiger partial charge in [-0.15, -0.1) is 11.8 Å². The van der Waals surface area contributed by atoms with Crippen LogP contribution in [0, 0.1) is 0 Å². The standard InChI is InChI=1S/C19H22N2S2/c1-23-18-9-7-17(8-10-18)19(22)21-13-11-20(12-14-21)15-16-5-3-2-4-6-16/h2-10H,11-15H2,1H3/p+1. The lowest BCUT2D eigenvalue weighted by Gasteiger charge is -2.34. The number of thioether (sulfide) groups is 1. The third kappa shape index (κ3) is 4.34. The van der Waals surface area contributed by atoms with E-state index in [9.17, 15) is 0 Å². The summed E-state index contributed by atoms with van der Waals surface area (Å²) >= 11 is 7.46. The van der Waals surface area contributed by atoms with Crippen molar-refractivity contribution in [2.24, 2.45) is 0 Å². The number of rotatable bonds is 4. The normalized spacial score (nSPS) is 15.6. The molecule has 1 aliphatic rings. The van der Waals surface area contributed by atoms with E-state index in [1.807, 2.05) is 0 Å². The first-order valence-corrected chi connectivity index (χ1v) is 9.70. The van der Waals surface area contributed by atoms with Crippen LogP contribution in [0.1, 0.15) is 11.1 Å². The minimum absolute atomic E-state index is 0.997. The Labute approximate surface area is 148 Å². The van der Waals surface area contributed by atoms with E-state index in [0.29, 0.717) is 0 Å². The van der Waals surface area contributed by atoms with Gasteiger partial charge in [-0.05, 0) is 18.4 Å². The van der Waals surface area contributed by atoms with E-state index in [1.54, 1.807) is 16.7 Å². The number of nitrogens with one attached hydrogen (secondary N) is 1. The molecule has 3 rings (SSSR count). The lowest BCUT2D eigenvalue weighted by Crippen LogP contribution is -3.13. The van der Waals surface area contributed by atoms with E-state index in [2.05, 4.69) is 65.8 Å². The van der Waals surface area contributed by atoms with Gasteiger partial charge in [0.15, 0.2) is 0 Å². The minimum Gasteiger partial charge on any atom is -0.351 e. The SMILES string of the molecule is CSc1ccc(C(=S)N2CC[NH+](Cc3ccccc3)CC2)cc1. The summed E-state index contributed by atoms with van der Waals surface area (Å²) < 4.78 is 0. The van der Waals surface area contributed by atoms with Crippen molar-refractivity contribution in [1.82, 2.24) is 4.90 Å². The fraction of sp³-hybridized carbons (Fsp3) is 0.316. The van der Waals surface area contributed by atoms with Gasteiger partial charge in [-0.2, -0.15) is 0 Å². The van der Waals surface area contributed by atoms with Crippen LogP contribution in [0.4, 0.5) is 0 Å². The van der Waals surface area contributed by atoms with Crippen LogP contribution < -0.4 is 4.90 Å². The quantitative estimate of drug-likeness (QED) is 0.674. The van der Waals surface area contributed by atoms with Crippen LogP contribution in [-0.2, 0) is 6.54 Å². The topological polar surface area (TPSA) is 7.68 Å². The number of thiocarbonyl (C=S) groups is 1. The van der Waals surface area contributed by atoms with E-state index < -0.39 is 0 Å². The molecule has 23 heavy (non-hydrogen) atoms. The molecule has 0 atom stereocenters. The van der Waals surface area contributed by atoms with Crippen molar-refractivity contribution in [2.75, 3.05) is 32.4 Å². The largest absolute Gasteiger partial charge is 0.351 e. The molecule has 120 valence electrons. The maximum atomic E-state index is 5.70. The first-order valence-electron chi connectivity index (χ1n) is 8.07. The van der Waals surface area contributed by atoms with Crippen molar-refractivity contribution in [3.05, 3.63) is 65.7 Å². The van der Waals surface area contributed by atoms with Crippen LogP contribution in [-0.4, -0.2) is 42.3 Å². The monoisotopic (exact) mass is 343 g/mol. The number of nitrogens with zero attached hydrogens (tertiary/aromatic N) is 1. The minimum atomic E-state index is 0.997. The van der Waals surface area contributed by atoms with Crippen molar-refractivity contribution in [3.8, 4) is 0 Å². The zero-order chi connectivity index (χ0) is 16.1. The number of quaternary nitrogens is 1. The van der Waals surface area contributed by atoms with Crippen LogP contribution in [0.2, 0.25) is 0 Å². The van der Waals surface area contributed by atoms with Gasteiger partial charge >= 0.3 is 0 Å². The highest BCUT2D eigenvalue weighted by atomic mass is 32.2. The lowest BCUT2D eigenvalue weighted by molar-refractivity contribution is -0.917. The number of hydrogen-bond acceptors (Lipinski definition) is 2. The Kier molecular flexibility index (Phi) is 5.70. The Bertz CT molecular complexity index is 632. The molecule has 2 aromatic rings. The van der Waals surface area contributed by atoms with Gasteiger partial charge < -0.3 is 9.80 Å². The number of hydrogen-bond donors (Lipinski definition) is 1. The highest BCUT2D eigenvalue weighted by Crippen LogP contribution is 2.16. The highest BCUT2D eigenvalue weighted by Gasteiger charge is 2.22. The maximum absolute atomic E-state index is 5.70. The molecule has 1 N–H and O–H groups in total. The molecule has 4 heteroatoms. The molecule has 0 spiro atoms. The average Bonchev–Trinajstić information content (AvgIpc) is 2.63. The molecule has 0 saturated carbocycles. The predicted octanol–water partition coefficient (Wildman–Crippen LogP) is 2.48. The molecule has 2 aromatic carbocycles. The van der Waals surface area contributed by atoms with Crippen LogP contribution in [0.3, 0.4) is 0 Å². The average molecular weight is 344 g/mol. The summed E-state index contributed by atoms with van der Waals surface area (Å²) in [5, 5.41) is 0. The van der Waals surface area contributed by atoms with Crippen molar-refractivity contribution >= 4 is 29.0 Å². The summed E-state index contributed by atoms with van der Waals surface area (Å²) in [6.07, 6.45) is 2.10. The number of piperazine rings is 1. The molecule has 1 heterocycles. The predicted molar refractivity (Wildman–Crippen MR) is 102 cm³/mol. The molecule has 1 aliphatic heterocycles. The van der Waals surface area contributed by atoms with Crippen LogP contribution in [0.15, 0.2) is 59.5 Å². The second-order valence-electron chi connectivity index (χ2n) is 5.93. The Hall–Kier alpha value is -1.36. The van der Waals surface area contributed by atoms with E-state index in [0.717, 1.165) is 37.7 Å². The molecule has 0 amide bonds. The van der Waals surface area contributed by atoms with Crippen LogP contribution in [0.5, 0.6) is 0 Å². The summed E-state index contributed by atoms with van der Waals surface area (Å²) in [5.41, 5.74) is 2.59. The van der Waals surface area contributed by atoms with Gasteiger partial charge in [-0.3, -0.25) is 0 Å². The molecule has 2 nitrogen and oxygen atoms in total. The van der Waals surface area contributed by atoms with Gasteiger partial charge in [-0.1, -0.05) is 54.7 Å². The smallest absolute Gasteiger partial charge is 0.109 e. The highest BCUT2D eigenvalue weighted by molar-refractivity contribution is 7.98. The summed E-state index contributed by atoms with van der Waals surface area (Å²) in [5.74, 6) is 0. The molecular formula is C19H23N2S2+. The van der Waals surface area contributed by atoms with Crippen LogP contribution in [0.25, 0.3) is 0 Å². The third-order valence-corrected chi connectivity index (χ3v) is 5.63. The molecular weight excluding hydrogens is 320 g/mol. The van der Waals surface area contributed by atoms with E-state index in [1.165, 1.54) is 16.0 Å². The fourth-order valence-electron chi connectivity index (χ4n) is 3.00. The number of benzene rings is 2. The Morgan fingerprint density at radius 3 is 2.30 bits per heavy atom. The summed E-state index contributed by atoms with van der Waals surface area (Å²) in [4.78, 5) is 6.29. The summed E-state index contributed by atoms with van der Waals surface area (Å²) in [7, 11) is 0. The van der Waals surface area contributed by atoms with E-state index >= 15 is 0 Å². The molecule has 0 radical (unpaired) electrons. The van der Waals surface area contributed by atoms with Gasteiger partial charge in [0.1, 0.15) is 11.5 Å². The first kappa shape index (κ1) is 16.5. The van der Waals surface area contributed by atoms with Gasteiger partial charge in [0.2, 0.25) is 0 Å². The zero-order valence-electron chi connectivity index (χ0n) is 13.5. The molecule has 1 saturated heterocycles. The van der Waals surface area contributed by atoms with Crippen LogP contribution >= 0.6 is 24.0 Å². The fourth-order valence-corrected chi connectivity index (χ4v) is 3.73. The molecule has 0 aromatic heterocycles.